The highest BCUT2D eigenvalue weighted by Gasteiger charge is 1.95. The lowest BCUT2D eigenvalue weighted by Gasteiger charge is -2.08. The van der Waals surface area contributed by atoms with Crippen LogP contribution < -0.4 is 11.1 Å². The number of hydrogen-bond donors (Lipinski definition) is 2. The van der Waals surface area contributed by atoms with Crippen molar-refractivity contribution < 1.29 is 0 Å². The molecule has 1 aromatic carbocycles. The average molecular weight is 216 g/mol. The molecule has 0 unspecified atom stereocenters. The van der Waals surface area contributed by atoms with Crippen molar-refractivity contribution in [3.05, 3.63) is 43.0 Å². The zero-order valence-corrected chi connectivity index (χ0v) is 9.13. The van der Waals surface area contributed by atoms with Crippen LogP contribution >= 0.6 is 0 Å². The Morgan fingerprint density at radius 1 is 1.31 bits per heavy atom. The summed E-state index contributed by atoms with van der Waals surface area (Å²) >= 11 is 0. The molecule has 0 atom stereocenters. The average Bonchev–Trinajstić information content (AvgIpc) is 2.79. The summed E-state index contributed by atoms with van der Waals surface area (Å²) < 4.78 is 2.07. The molecule has 0 saturated carbocycles. The summed E-state index contributed by atoms with van der Waals surface area (Å²) in [5.41, 5.74) is 7.62. The second-order valence-electron chi connectivity index (χ2n) is 3.67. The minimum absolute atomic E-state index is 0.796. The topological polar surface area (TPSA) is 55.9 Å². The van der Waals surface area contributed by atoms with Gasteiger partial charge in [-0.1, -0.05) is 12.1 Å². The Morgan fingerprint density at radius 3 is 2.94 bits per heavy atom. The number of imidazole rings is 1. The second-order valence-corrected chi connectivity index (χ2v) is 3.67. The first-order chi connectivity index (χ1) is 7.86. The molecule has 84 valence electrons. The minimum Gasteiger partial charge on any atom is -0.397 e. The molecule has 3 N–H and O–H groups in total. The summed E-state index contributed by atoms with van der Waals surface area (Å²) in [6.07, 6.45) is 6.64. The van der Waals surface area contributed by atoms with E-state index >= 15 is 0 Å². The van der Waals surface area contributed by atoms with Crippen LogP contribution in [0.25, 0.3) is 0 Å². The number of nitrogens with one attached hydrogen (secondary N) is 1. The molecule has 16 heavy (non-hydrogen) atoms. The van der Waals surface area contributed by atoms with Crippen molar-refractivity contribution in [3.8, 4) is 0 Å². The SMILES string of the molecule is Nc1ccccc1NCCCn1ccnc1. The van der Waals surface area contributed by atoms with Gasteiger partial charge in [0.05, 0.1) is 17.7 Å². The predicted molar refractivity (Wildman–Crippen MR) is 66.2 cm³/mol. The fourth-order valence-electron chi connectivity index (χ4n) is 1.56. The molecule has 0 spiro atoms. The Kier molecular flexibility index (Phi) is 3.43. The van der Waals surface area contributed by atoms with Crippen LogP contribution in [0.1, 0.15) is 6.42 Å². The maximum Gasteiger partial charge on any atom is 0.0945 e. The van der Waals surface area contributed by atoms with Gasteiger partial charge in [-0.2, -0.15) is 0 Å². The summed E-state index contributed by atoms with van der Waals surface area (Å²) in [4.78, 5) is 4.00. The highest BCUT2D eigenvalue weighted by molar-refractivity contribution is 5.65. The molecule has 4 heteroatoms. The van der Waals surface area contributed by atoms with Crippen LogP contribution in [0.3, 0.4) is 0 Å². The predicted octanol–water partition coefficient (Wildman–Crippen LogP) is 1.97. The lowest BCUT2D eigenvalue weighted by Crippen LogP contribution is -2.07. The van der Waals surface area contributed by atoms with Crippen LogP contribution in [-0.4, -0.2) is 16.1 Å². The van der Waals surface area contributed by atoms with Crippen LogP contribution in [0, 0.1) is 0 Å². The van der Waals surface area contributed by atoms with Crippen LogP contribution in [-0.2, 0) is 6.54 Å². The van der Waals surface area contributed by atoms with Crippen LogP contribution in [0.4, 0.5) is 11.4 Å². The zero-order valence-electron chi connectivity index (χ0n) is 9.13. The van der Waals surface area contributed by atoms with Crippen molar-refractivity contribution >= 4 is 11.4 Å². The van der Waals surface area contributed by atoms with Crippen molar-refractivity contribution in [2.45, 2.75) is 13.0 Å². The Bertz CT molecular complexity index is 422. The number of para-hydroxylation sites is 2. The number of benzene rings is 1. The smallest absolute Gasteiger partial charge is 0.0945 e. The molecule has 0 aliphatic rings. The lowest BCUT2D eigenvalue weighted by atomic mass is 10.2. The highest BCUT2D eigenvalue weighted by atomic mass is 15.0. The monoisotopic (exact) mass is 216 g/mol. The molecular formula is C12H16N4. The van der Waals surface area contributed by atoms with E-state index < -0.39 is 0 Å². The van der Waals surface area contributed by atoms with Crippen molar-refractivity contribution in [1.29, 1.82) is 0 Å². The highest BCUT2D eigenvalue weighted by Crippen LogP contribution is 2.16. The number of aromatic nitrogens is 2. The van der Waals surface area contributed by atoms with E-state index in [0.717, 1.165) is 30.9 Å². The lowest BCUT2D eigenvalue weighted by molar-refractivity contribution is 0.661. The molecule has 0 bridgehead atoms. The first-order valence-electron chi connectivity index (χ1n) is 5.40. The standard InChI is InChI=1S/C12H16N4/c13-11-4-1-2-5-12(11)15-6-3-8-16-9-7-14-10-16/h1-2,4-5,7,9-10,15H,3,6,8,13H2. The van der Waals surface area contributed by atoms with Crippen molar-refractivity contribution in [2.24, 2.45) is 0 Å². The van der Waals surface area contributed by atoms with Gasteiger partial charge >= 0.3 is 0 Å². The third-order valence-electron chi connectivity index (χ3n) is 2.43. The molecule has 2 rings (SSSR count). The number of rotatable bonds is 5. The van der Waals surface area contributed by atoms with Crippen LogP contribution in [0.2, 0.25) is 0 Å². The number of hydrogen-bond acceptors (Lipinski definition) is 3. The van der Waals surface area contributed by atoms with Crippen LogP contribution in [0.5, 0.6) is 0 Å². The van der Waals surface area contributed by atoms with E-state index in [1.165, 1.54) is 0 Å². The molecule has 2 aromatic rings. The molecule has 0 saturated heterocycles. The fraction of sp³-hybridized carbons (Fsp3) is 0.250. The summed E-state index contributed by atoms with van der Waals surface area (Å²) in [6.45, 7) is 1.88. The van der Waals surface area contributed by atoms with Gasteiger partial charge in [-0.15, -0.1) is 0 Å². The normalized spacial score (nSPS) is 10.2. The van der Waals surface area contributed by atoms with Crippen molar-refractivity contribution in [2.75, 3.05) is 17.6 Å². The first kappa shape index (κ1) is 10.5. The zero-order chi connectivity index (χ0) is 11.2. The van der Waals surface area contributed by atoms with E-state index in [0.29, 0.717) is 0 Å². The van der Waals surface area contributed by atoms with Gasteiger partial charge in [-0.05, 0) is 18.6 Å². The molecular weight excluding hydrogens is 200 g/mol. The van der Waals surface area contributed by atoms with E-state index in [2.05, 4.69) is 14.9 Å². The molecule has 0 aliphatic heterocycles. The van der Waals surface area contributed by atoms with E-state index in [4.69, 9.17) is 5.73 Å². The van der Waals surface area contributed by atoms with Gasteiger partial charge in [-0.25, -0.2) is 4.98 Å². The number of aryl methyl sites for hydroxylation is 1. The molecule has 0 amide bonds. The Hall–Kier alpha value is -1.97. The van der Waals surface area contributed by atoms with E-state index in [1.54, 1.807) is 6.20 Å². The van der Waals surface area contributed by atoms with Gasteiger partial charge in [-0.3, -0.25) is 0 Å². The largest absolute Gasteiger partial charge is 0.397 e. The first-order valence-corrected chi connectivity index (χ1v) is 5.40. The third-order valence-corrected chi connectivity index (χ3v) is 2.43. The van der Waals surface area contributed by atoms with E-state index in [-0.39, 0.29) is 0 Å². The molecule has 0 fully saturated rings. The van der Waals surface area contributed by atoms with Crippen LogP contribution in [0.15, 0.2) is 43.0 Å². The van der Waals surface area contributed by atoms with Crippen molar-refractivity contribution in [3.63, 3.8) is 0 Å². The third kappa shape index (κ3) is 2.76. The van der Waals surface area contributed by atoms with E-state index in [1.807, 2.05) is 36.8 Å². The van der Waals surface area contributed by atoms with Gasteiger partial charge in [0.15, 0.2) is 0 Å². The van der Waals surface area contributed by atoms with Crippen molar-refractivity contribution in [1.82, 2.24) is 9.55 Å². The second kappa shape index (κ2) is 5.21. The van der Waals surface area contributed by atoms with Gasteiger partial charge in [0.25, 0.3) is 0 Å². The minimum atomic E-state index is 0.796. The number of nitrogen functional groups attached to an aromatic ring is 1. The molecule has 4 nitrogen and oxygen atoms in total. The maximum absolute atomic E-state index is 5.82. The maximum atomic E-state index is 5.82. The van der Waals surface area contributed by atoms with Gasteiger partial charge in [0.1, 0.15) is 0 Å². The summed E-state index contributed by atoms with van der Waals surface area (Å²) in [5.74, 6) is 0. The molecule has 1 aromatic heterocycles. The summed E-state index contributed by atoms with van der Waals surface area (Å²) in [6, 6.07) is 7.81. The van der Waals surface area contributed by atoms with Gasteiger partial charge in [0.2, 0.25) is 0 Å². The number of anilines is 2. The Morgan fingerprint density at radius 2 is 2.19 bits per heavy atom. The molecule has 1 heterocycles. The Labute approximate surface area is 95.1 Å². The van der Waals surface area contributed by atoms with Gasteiger partial charge in [0, 0.05) is 25.5 Å². The number of nitrogens with zero attached hydrogens (tertiary/aromatic N) is 2. The summed E-state index contributed by atoms with van der Waals surface area (Å²) in [7, 11) is 0. The quantitative estimate of drug-likeness (QED) is 0.593. The molecule has 0 aliphatic carbocycles. The summed E-state index contributed by atoms with van der Waals surface area (Å²) in [5, 5.41) is 3.32. The van der Waals surface area contributed by atoms with E-state index in [9.17, 15) is 0 Å². The Balaban J connectivity index is 1.74. The fourth-order valence-corrected chi connectivity index (χ4v) is 1.56. The van der Waals surface area contributed by atoms with Gasteiger partial charge < -0.3 is 15.6 Å². The number of nitrogens with two attached hydrogens (primary N) is 1. The molecule has 0 radical (unpaired) electrons.